The van der Waals surface area contributed by atoms with Gasteiger partial charge in [-0.05, 0) is 30.3 Å². The third-order valence-corrected chi connectivity index (χ3v) is 4.13. The Morgan fingerprint density at radius 1 is 0.913 bits per heavy atom. The van der Waals surface area contributed by atoms with Crippen LogP contribution in [0.3, 0.4) is 0 Å². The molecule has 0 unspecified atom stereocenters. The van der Waals surface area contributed by atoms with Gasteiger partial charge in [0, 0.05) is 24.6 Å². The zero-order chi connectivity index (χ0) is 17.0. The first-order valence-corrected chi connectivity index (χ1v) is 8.64. The molecule has 0 bridgehead atoms. The molecule has 0 saturated heterocycles. The van der Waals surface area contributed by atoms with Crippen molar-refractivity contribution in [3.05, 3.63) is 54.1 Å². The van der Waals surface area contributed by atoms with Crippen LogP contribution in [-0.4, -0.2) is 26.5 Å². The zero-order valence-electron chi connectivity index (χ0n) is 12.7. The minimum atomic E-state index is -3.51. The van der Waals surface area contributed by atoms with E-state index in [1.165, 1.54) is 19.1 Å². The van der Waals surface area contributed by atoms with Crippen molar-refractivity contribution < 1.29 is 18.0 Å². The monoisotopic (exact) mass is 332 g/mol. The fourth-order valence-corrected chi connectivity index (χ4v) is 2.94. The highest BCUT2D eigenvalue weighted by molar-refractivity contribution is 7.90. The lowest BCUT2D eigenvalue weighted by Gasteiger charge is -2.10. The summed E-state index contributed by atoms with van der Waals surface area (Å²) in [4.78, 5) is 23.4. The van der Waals surface area contributed by atoms with Crippen molar-refractivity contribution in [3.8, 4) is 0 Å². The number of amides is 2. The molecule has 0 saturated carbocycles. The van der Waals surface area contributed by atoms with Crippen LogP contribution in [0.15, 0.2) is 53.4 Å². The van der Waals surface area contributed by atoms with Gasteiger partial charge in [-0.25, -0.2) is 8.42 Å². The van der Waals surface area contributed by atoms with E-state index in [4.69, 9.17) is 0 Å². The Labute approximate surface area is 134 Å². The lowest BCUT2D eigenvalue weighted by Crippen LogP contribution is -2.16. The van der Waals surface area contributed by atoms with E-state index in [2.05, 4.69) is 10.6 Å². The standard InChI is InChI=1S/C16H16N2O4S/c1-11(19)17-12-6-5-7-13(10-12)18-16(20)14-8-3-4-9-15(14)23(2,21)22/h3-10H,1-2H3,(H,17,19)(H,18,20). The number of nitrogens with one attached hydrogen (secondary N) is 2. The van der Waals surface area contributed by atoms with Gasteiger partial charge in [0.15, 0.2) is 9.84 Å². The molecule has 2 N–H and O–H groups in total. The molecule has 0 radical (unpaired) electrons. The first kappa shape index (κ1) is 16.7. The average Bonchev–Trinajstić information content (AvgIpc) is 2.46. The first-order chi connectivity index (χ1) is 10.8. The minimum Gasteiger partial charge on any atom is -0.326 e. The Bertz CT molecular complexity index is 860. The van der Waals surface area contributed by atoms with E-state index in [9.17, 15) is 18.0 Å². The molecule has 120 valence electrons. The smallest absolute Gasteiger partial charge is 0.256 e. The molecular weight excluding hydrogens is 316 g/mol. The summed E-state index contributed by atoms with van der Waals surface area (Å²) in [5.41, 5.74) is 1.05. The highest BCUT2D eigenvalue weighted by Crippen LogP contribution is 2.19. The van der Waals surface area contributed by atoms with Gasteiger partial charge in [-0.15, -0.1) is 0 Å². The Morgan fingerprint density at radius 2 is 1.52 bits per heavy atom. The largest absolute Gasteiger partial charge is 0.326 e. The van der Waals surface area contributed by atoms with Crippen LogP contribution in [0.25, 0.3) is 0 Å². The number of sulfone groups is 1. The predicted molar refractivity (Wildman–Crippen MR) is 88.3 cm³/mol. The summed E-state index contributed by atoms with van der Waals surface area (Å²) in [6, 6.07) is 12.6. The second-order valence-corrected chi connectivity index (χ2v) is 6.97. The molecule has 2 aromatic rings. The van der Waals surface area contributed by atoms with E-state index < -0.39 is 15.7 Å². The molecule has 6 nitrogen and oxygen atoms in total. The maximum Gasteiger partial charge on any atom is 0.256 e. The van der Waals surface area contributed by atoms with E-state index in [1.54, 1.807) is 36.4 Å². The van der Waals surface area contributed by atoms with Crippen LogP contribution in [0.2, 0.25) is 0 Å². The summed E-state index contributed by atoms with van der Waals surface area (Å²) >= 11 is 0. The summed E-state index contributed by atoms with van der Waals surface area (Å²) in [5, 5.41) is 5.24. The fraction of sp³-hybridized carbons (Fsp3) is 0.125. The van der Waals surface area contributed by atoms with Crippen LogP contribution in [0.1, 0.15) is 17.3 Å². The Morgan fingerprint density at radius 3 is 2.13 bits per heavy atom. The van der Waals surface area contributed by atoms with Gasteiger partial charge in [-0.2, -0.15) is 0 Å². The van der Waals surface area contributed by atoms with Crippen LogP contribution in [0, 0.1) is 0 Å². The van der Waals surface area contributed by atoms with Crippen molar-refractivity contribution >= 4 is 33.0 Å². The molecular formula is C16H16N2O4S. The first-order valence-electron chi connectivity index (χ1n) is 6.75. The van der Waals surface area contributed by atoms with Gasteiger partial charge in [0.1, 0.15) is 0 Å². The molecule has 0 atom stereocenters. The molecule has 0 aliphatic carbocycles. The number of carbonyl (C=O) groups excluding carboxylic acids is 2. The molecule has 0 aliphatic rings. The van der Waals surface area contributed by atoms with E-state index in [0.29, 0.717) is 11.4 Å². The van der Waals surface area contributed by atoms with Crippen molar-refractivity contribution in [3.63, 3.8) is 0 Å². The zero-order valence-corrected chi connectivity index (χ0v) is 13.5. The third-order valence-electron chi connectivity index (χ3n) is 2.97. The summed E-state index contributed by atoms with van der Waals surface area (Å²) in [5.74, 6) is -0.762. The summed E-state index contributed by atoms with van der Waals surface area (Å²) < 4.78 is 23.5. The fourth-order valence-electron chi connectivity index (χ4n) is 2.05. The third kappa shape index (κ3) is 4.40. The molecule has 0 heterocycles. The van der Waals surface area contributed by atoms with Crippen LogP contribution in [0.5, 0.6) is 0 Å². The summed E-state index contributed by atoms with van der Waals surface area (Å²) in [7, 11) is -3.51. The lowest BCUT2D eigenvalue weighted by molar-refractivity contribution is -0.114. The van der Waals surface area contributed by atoms with Crippen molar-refractivity contribution in [1.82, 2.24) is 0 Å². The molecule has 2 rings (SSSR count). The highest BCUT2D eigenvalue weighted by atomic mass is 32.2. The van der Waals surface area contributed by atoms with Gasteiger partial charge in [0.25, 0.3) is 5.91 Å². The molecule has 2 aromatic carbocycles. The van der Waals surface area contributed by atoms with Gasteiger partial charge < -0.3 is 10.6 Å². The lowest BCUT2D eigenvalue weighted by atomic mass is 10.2. The van der Waals surface area contributed by atoms with Crippen LogP contribution < -0.4 is 10.6 Å². The number of anilines is 2. The topological polar surface area (TPSA) is 92.3 Å². The number of hydrogen-bond donors (Lipinski definition) is 2. The maximum atomic E-state index is 12.4. The van der Waals surface area contributed by atoms with Crippen molar-refractivity contribution in [2.24, 2.45) is 0 Å². The van der Waals surface area contributed by atoms with Gasteiger partial charge in [0.05, 0.1) is 10.5 Å². The number of rotatable bonds is 4. The second kappa shape index (κ2) is 6.62. The van der Waals surface area contributed by atoms with Gasteiger partial charge in [-0.3, -0.25) is 9.59 Å². The number of hydrogen-bond acceptors (Lipinski definition) is 4. The Hall–Kier alpha value is -2.67. The Kier molecular flexibility index (Phi) is 4.80. The average molecular weight is 332 g/mol. The van der Waals surface area contributed by atoms with Gasteiger partial charge in [-0.1, -0.05) is 18.2 Å². The quantitative estimate of drug-likeness (QED) is 0.898. The SMILES string of the molecule is CC(=O)Nc1cccc(NC(=O)c2ccccc2S(C)(=O)=O)c1. The van der Waals surface area contributed by atoms with Crippen molar-refractivity contribution in [2.75, 3.05) is 16.9 Å². The van der Waals surface area contributed by atoms with Crippen LogP contribution >= 0.6 is 0 Å². The molecule has 0 aliphatic heterocycles. The predicted octanol–water partition coefficient (Wildman–Crippen LogP) is 2.30. The number of carbonyl (C=O) groups is 2. The van der Waals surface area contributed by atoms with Gasteiger partial charge in [0.2, 0.25) is 5.91 Å². The Balaban J connectivity index is 2.29. The van der Waals surface area contributed by atoms with Crippen molar-refractivity contribution in [2.45, 2.75) is 11.8 Å². The number of benzene rings is 2. The van der Waals surface area contributed by atoms with E-state index >= 15 is 0 Å². The molecule has 0 spiro atoms. The van der Waals surface area contributed by atoms with Crippen LogP contribution in [0.4, 0.5) is 11.4 Å². The highest BCUT2D eigenvalue weighted by Gasteiger charge is 2.18. The minimum absolute atomic E-state index is 0.0319. The molecule has 0 fully saturated rings. The molecule has 23 heavy (non-hydrogen) atoms. The van der Waals surface area contributed by atoms with Gasteiger partial charge >= 0.3 is 0 Å². The normalized spacial score (nSPS) is 10.9. The second-order valence-electron chi connectivity index (χ2n) is 4.98. The van der Waals surface area contributed by atoms with Crippen molar-refractivity contribution in [1.29, 1.82) is 0 Å². The van der Waals surface area contributed by atoms with E-state index in [0.717, 1.165) is 6.26 Å². The summed E-state index contributed by atoms with van der Waals surface area (Å²) in [6.07, 6.45) is 1.05. The molecule has 0 aromatic heterocycles. The molecule has 2 amide bonds. The van der Waals surface area contributed by atoms with E-state index in [-0.39, 0.29) is 16.4 Å². The summed E-state index contributed by atoms with van der Waals surface area (Å²) in [6.45, 7) is 1.38. The van der Waals surface area contributed by atoms with Crippen LogP contribution in [-0.2, 0) is 14.6 Å². The molecule has 7 heteroatoms. The van der Waals surface area contributed by atoms with E-state index in [1.807, 2.05) is 0 Å². The maximum absolute atomic E-state index is 12.4.